The molecule has 45 heavy (non-hydrogen) atoms. The Labute approximate surface area is 274 Å². The maximum Gasteiger partial charge on any atom is 0.282 e. The summed E-state index contributed by atoms with van der Waals surface area (Å²) in [5, 5.41) is 5.17. The van der Waals surface area contributed by atoms with Gasteiger partial charge < -0.3 is 23.7 Å². The maximum absolute atomic E-state index is 13.9. The van der Waals surface area contributed by atoms with Gasteiger partial charge in [-0.2, -0.15) is 9.78 Å². The van der Waals surface area contributed by atoms with Crippen LogP contribution in [0.25, 0.3) is 22.3 Å². The molecule has 1 aliphatic heterocycles. The summed E-state index contributed by atoms with van der Waals surface area (Å²) in [6.45, 7) is 6.72. The lowest BCUT2D eigenvalue weighted by Gasteiger charge is -2.17. The molecule has 4 aromatic carbocycles. The number of rotatable bonds is 9. The van der Waals surface area contributed by atoms with Crippen LogP contribution in [0.2, 0.25) is 0 Å². The van der Waals surface area contributed by atoms with Crippen LogP contribution in [0.4, 0.5) is 0 Å². The van der Waals surface area contributed by atoms with E-state index in [4.69, 9.17) is 33.8 Å². The smallest absolute Gasteiger partial charge is 0.282 e. The minimum absolute atomic E-state index is 0.198. The molecule has 0 unspecified atom stereocenters. The molecule has 0 fully saturated rings. The predicted octanol–water partition coefficient (Wildman–Crippen LogP) is 7.31. The summed E-state index contributed by atoms with van der Waals surface area (Å²) in [5.74, 6) is 4.01. The van der Waals surface area contributed by atoms with Crippen LogP contribution in [0.1, 0.15) is 42.0 Å². The molecule has 0 amide bonds. The normalized spacial score (nSPS) is 12.3. The Balaban J connectivity index is 1.38. The summed E-state index contributed by atoms with van der Waals surface area (Å²) in [6, 6.07) is 20.8. The van der Waals surface area contributed by atoms with Gasteiger partial charge in [-0.15, -0.1) is 0 Å². The molecule has 0 spiro atoms. The maximum atomic E-state index is 13.9. The van der Waals surface area contributed by atoms with Gasteiger partial charge in [0.05, 0.1) is 34.9 Å². The van der Waals surface area contributed by atoms with Crippen LogP contribution in [0.15, 0.2) is 76.6 Å². The summed E-state index contributed by atoms with van der Waals surface area (Å²) in [4.78, 5) is 18.8. The number of hydrogen-bond donors (Lipinski definition) is 0. The third-order valence-electron chi connectivity index (χ3n) is 7.59. The lowest BCUT2D eigenvalue weighted by atomic mass is 9.96. The van der Waals surface area contributed by atoms with Crippen molar-refractivity contribution in [3.8, 4) is 40.1 Å². The second-order valence-electron chi connectivity index (χ2n) is 10.9. The van der Waals surface area contributed by atoms with Crippen molar-refractivity contribution in [3.63, 3.8) is 0 Å². The predicted molar refractivity (Wildman–Crippen MR) is 182 cm³/mol. The molecule has 6 rings (SSSR count). The standard InChI is InChI=1S/C35H32IN3O6/c1-20(2)25-16-26(21(3)12-30(25)41-4)34-38-28-9-7-6-8-24(28)35(40)39(34)37-17-23-13-27(36)33(32(15-23)42-5)43-18-22-10-11-29-31(14-22)45-19-44-29/h6-17,20H,18-19H2,1-5H3. The topological polar surface area (TPSA) is 93.4 Å². The summed E-state index contributed by atoms with van der Waals surface area (Å²) < 4.78 is 30.6. The lowest BCUT2D eigenvalue weighted by molar-refractivity contribution is 0.174. The number of nitrogens with zero attached hydrogens (tertiary/aromatic N) is 3. The van der Waals surface area contributed by atoms with E-state index in [-0.39, 0.29) is 18.3 Å². The monoisotopic (exact) mass is 717 g/mol. The van der Waals surface area contributed by atoms with Gasteiger partial charge in [0.2, 0.25) is 6.79 Å². The number of benzene rings is 4. The molecule has 0 saturated carbocycles. The summed E-state index contributed by atoms with van der Waals surface area (Å²) in [5.41, 5.74) is 4.75. The first kappa shape index (κ1) is 30.4. The third kappa shape index (κ3) is 6.06. The largest absolute Gasteiger partial charge is 0.496 e. The van der Waals surface area contributed by atoms with E-state index in [1.54, 1.807) is 26.5 Å². The van der Waals surface area contributed by atoms with E-state index < -0.39 is 0 Å². The summed E-state index contributed by atoms with van der Waals surface area (Å²) in [6.07, 6.45) is 1.63. The number of aromatic nitrogens is 2. The molecular formula is C35H32IN3O6. The van der Waals surface area contributed by atoms with Crippen molar-refractivity contribution in [1.82, 2.24) is 9.66 Å². The van der Waals surface area contributed by atoms with Gasteiger partial charge in [-0.05, 0) is 106 Å². The SMILES string of the molecule is COc1cc(C)c(-c2nc3ccccc3c(=O)n2N=Cc2cc(I)c(OCc3ccc4c(c3)OCO4)c(OC)c2)cc1C(C)C. The van der Waals surface area contributed by atoms with E-state index in [9.17, 15) is 4.79 Å². The van der Waals surface area contributed by atoms with E-state index in [1.807, 2.05) is 67.6 Å². The van der Waals surface area contributed by atoms with E-state index >= 15 is 0 Å². The number of fused-ring (bicyclic) bond motifs is 2. The van der Waals surface area contributed by atoms with Crippen molar-refractivity contribution >= 4 is 39.7 Å². The second kappa shape index (κ2) is 12.8. The molecule has 0 atom stereocenters. The quantitative estimate of drug-likeness (QED) is 0.117. The minimum atomic E-state index is -0.265. The molecule has 1 aliphatic rings. The Morgan fingerprint density at radius 1 is 1.00 bits per heavy atom. The molecular weight excluding hydrogens is 685 g/mol. The Hall–Kier alpha value is -4.58. The molecule has 0 aliphatic carbocycles. The second-order valence-corrected chi connectivity index (χ2v) is 12.1. The fourth-order valence-corrected chi connectivity index (χ4v) is 6.02. The molecule has 0 N–H and O–H groups in total. The van der Waals surface area contributed by atoms with Gasteiger partial charge in [0.1, 0.15) is 12.4 Å². The number of ether oxygens (including phenoxy) is 5. The first-order valence-electron chi connectivity index (χ1n) is 14.4. The average Bonchev–Trinajstić information content (AvgIpc) is 3.51. The van der Waals surface area contributed by atoms with Crippen LogP contribution in [-0.2, 0) is 6.61 Å². The van der Waals surface area contributed by atoms with Crippen LogP contribution in [-0.4, -0.2) is 36.9 Å². The van der Waals surface area contributed by atoms with Crippen molar-refractivity contribution in [1.29, 1.82) is 0 Å². The van der Waals surface area contributed by atoms with Crippen molar-refractivity contribution in [2.24, 2.45) is 5.10 Å². The molecule has 0 bridgehead atoms. The van der Waals surface area contributed by atoms with Gasteiger partial charge in [0, 0.05) is 5.56 Å². The first-order chi connectivity index (χ1) is 21.8. The Bertz CT molecular complexity index is 2000. The van der Waals surface area contributed by atoms with Gasteiger partial charge in [0.25, 0.3) is 5.56 Å². The number of aryl methyl sites for hydroxylation is 1. The van der Waals surface area contributed by atoms with E-state index in [1.165, 1.54) is 4.68 Å². The van der Waals surface area contributed by atoms with E-state index in [0.717, 1.165) is 42.9 Å². The summed E-state index contributed by atoms with van der Waals surface area (Å²) >= 11 is 2.21. The van der Waals surface area contributed by atoms with Crippen LogP contribution in [0.3, 0.4) is 0 Å². The highest BCUT2D eigenvalue weighted by molar-refractivity contribution is 14.1. The molecule has 10 heteroatoms. The minimum Gasteiger partial charge on any atom is -0.496 e. The zero-order chi connectivity index (χ0) is 31.7. The van der Waals surface area contributed by atoms with Gasteiger partial charge in [-0.25, -0.2) is 4.98 Å². The van der Waals surface area contributed by atoms with Crippen LogP contribution < -0.4 is 29.2 Å². The first-order valence-corrected chi connectivity index (χ1v) is 15.5. The highest BCUT2D eigenvalue weighted by Crippen LogP contribution is 2.37. The number of halogens is 1. The van der Waals surface area contributed by atoms with Crippen LogP contribution in [0, 0.1) is 10.5 Å². The van der Waals surface area contributed by atoms with Gasteiger partial charge in [0.15, 0.2) is 28.8 Å². The third-order valence-corrected chi connectivity index (χ3v) is 8.39. The Kier molecular flexibility index (Phi) is 8.66. The van der Waals surface area contributed by atoms with Crippen molar-refractivity contribution in [2.75, 3.05) is 21.0 Å². The highest BCUT2D eigenvalue weighted by Gasteiger charge is 2.19. The number of para-hydroxylation sites is 1. The Morgan fingerprint density at radius 3 is 2.56 bits per heavy atom. The van der Waals surface area contributed by atoms with Crippen molar-refractivity contribution in [3.05, 3.63) is 103 Å². The molecule has 230 valence electrons. The fraction of sp³-hybridized carbons (Fsp3) is 0.229. The zero-order valence-corrected chi connectivity index (χ0v) is 27.7. The van der Waals surface area contributed by atoms with Gasteiger partial charge in [-0.1, -0.05) is 32.0 Å². The van der Waals surface area contributed by atoms with E-state index in [0.29, 0.717) is 40.6 Å². The van der Waals surface area contributed by atoms with Crippen molar-refractivity contribution < 1.29 is 23.7 Å². The molecule has 5 aromatic rings. The molecule has 1 aromatic heterocycles. The fourth-order valence-electron chi connectivity index (χ4n) is 5.24. The van der Waals surface area contributed by atoms with E-state index in [2.05, 4.69) is 36.4 Å². The number of hydrogen-bond acceptors (Lipinski definition) is 8. The number of methoxy groups -OCH3 is 2. The molecule has 0 saturated heterocycles. The lowest BCUT2D eigenvalue weighted by Crippen LogP contribution is -2.21. The summed E-state index contributed by atoms with van der Waals surface area (Å²) in [7, 11) is 3.26. The average molecular weight is 718 g/mol. The zero-order valence-electron chi connectivity index (χ0n) is 25.6. The highest BCUT2D eigenvalue weighted by atomic mass is 127. The molecule has 9 nitrogen and oxygen atoms in total. The Morgan fingerprint density at radius 2 is 1.78 bits per heavy atom. The van der Waals surface area contributed by atoms with Gasteiger partial charge in [-0.3, -0.25) is 4.79 Å². The van der Waals surface area contributed by atoms with Crippen molar-refractivity contribution in [2.45, 2.75) is 33.3 Å². The van der Waals surface area contributed by atoms with Crippen LogP contribution >= 0.6 is 22.6 Å². The van der Waals surface area contributed by atoms with Gasteiger partial charge >= 0.3 is 0 Å². The molecule has 2 heterocycles. The van der Waals surface area contributed by atoms with Crippen LogP contribution in [0.5, 0.6) is 28.7 Å². The molecule has 0 radical (unpaired) electrons.